The van der Waals surface area contributed by atoms with Crippen LogP contribution < -0.4 is 4.74 Å². The quantitative estimate of drug-likeness (QED) is 0.460. The van der Waals surface area contributed by atoms with Crippen LogP contribution in [-0.4, -0.2) is 49.6 Å². The molecule has 1 aliphatic rings. The molecule has 1 unspecified atom stereocenters. The second-order valence-corrected chi connectivity index (χ2v) is 8.16. The van der Waals surface area contributed by atoms with Gasteiger partial charge in [-0.3, -0.25) is 4.79 Å². The van der Waals surface area contributed by atoms with Crippen LogP contribution in [0, 0.1) is 13.8 Å². The molecular weight excluding hydrogens is 420 g/mol. The average Bonchev–Trinajstić information content (AvgIpc) is 3.60. The standard InChI is InChI=1S/C24H24N6O3/c1-15-7-9-21(32-3)18(13-15)23-27-22(28-33-23)19-5-4-12-29(19)24(31)17-8-6-16(2)14-20(17)30-25-10-11-26-30/h6-11,13-14,19H,4-5,12H2,1-3H3. The summed E-state index contributed by atoms with van der Waals surface area (Å²) >= 11 is 0. The van der Waals surface area contributed by atoms with Crippen molar-refractivity contribution in [2.45, 2.75) is 32.7 Å². The summed E-state index contributed by atoms with van der Waals surface area (Å²) in [5.41, 5.74) is 3.99. The van der Waals surface area contributed by atoms with Gasteiger partial charge in [-0.1, -0.05) is 22.9 Å². The summed E-state index contributed by atoms with van der Waals surface area (Å²) < 4.78 is 11.0. The SMILES string of the molecule is COc1ccc(C)cc1-c1nc(C2CCCN2C(=O)c2ccc(C)cc2-n2nccn2)no1. The molecule has 3 heterocycles. The smallest absolute Gasteiger partial charge is 0.261 e. The van der Waals surface area contributed by atoms with Crippen molar-refractivity contribution in [1.82, 2.24) is 30.0 Å². The Morgan fingerprint density at radius 3 is 2.64 bits per heavy atom. The monoisotopic (exact) mass is 444 g/mol. The zero-order valence-electron chi connectivity index (χ0n) is 18.7. The molecule has 1 atom stereocenters. The molecule has 0 N–H and O–H groups in total. The third-order valence-corrected chi connectivity index (χ3v) is 5.86. The summed E-state index contributed by atoms with van der Waals surface area (Å²) in [6, 6.07) is 11.2. The number of rotatable bonds is 5. The van der Waals surface area contributed by atoms with Crippen LogP contribution in [0.2, 0.25) is 0 Å². The predicted octanol–water partition coefficient (Wildman–Crippen LogP) is 3.92. The topological polar surface area (TPSA) is 99.2 Å². The Kier molecular flexibility index (Phi) is 5.37. The lowest BCUT2D eigenvalue weighted by Crippen LogP contribution is -2.32. The second-order valence-electron chi connectivity index (χ2n) is 8.16. The Balaban J connectivity index is 1.47. The molecule has 0 radical (unpaired) electrons. The predicted molar refractivity (Wildman–Crippen MR) is 120 cm³/mol. The van der Waals surface area contributed by atoms with Gasteiger partial charge in [-0.2, -0.15) is 20.0 Å². The number of carbonyl (C=O) groups excluding carboxylic acids is 1. The zero-order chi connectivity index (χ0) is 22.9. The van der Waals surface area contributed by atoms with Crippen molar-refractivity contribution >= 4 is 5.91 Å². The van der Waals surface area contributed by atoms with Crippen LogP contribution in [0.5, 0.6) is 5.75 Å². The van der Waals surface area contributed by atoms with Crippen LogP contribution in [0.3, 0.4) is 0 Å². The highest BCUT2D eigenvalue weighted by Crippen LogP contribution is 2.35. The highest BCUT2D eigenvalue weighted by molar-refractivity contribution is 5.98. The molecule has 0 aliphatic carbocycles. The molecule has 9 heteroatoms. The molecule has 33 heavy (non-hydrogen) atoms. The molecule has 168 valence electrons. The second kappa shape index (κ2) is 8.50. The Hall–Kier alpha value is -4.01. The molecular formula is C24H24N6O3. The average molecular weight is 444 g/mol. The minimum atomic E-state index is -0.273. The fraction of sp³-hybridized carbons (Fsp3) is 0.292. The van der Waals surface area contributed by atoms with Crippen molar-refractivity contribution in [3.63, 3.8) is 0 Å². The van der Waals surface area contributed by atoms with Crippen LogP contribution in [-0.2, 0) is 0 Å². The number of nitrogens with zero attached hydrogens (tertiary/aromatic N) is 6. The van der Waals surface area contributed by atoms with E-state index in [9.17, 15) is 4.79 Å². The molecule has 0 spiro atoms. The first-order valence-corrected chi connectivity index (χ1v) is 10.8. The summed E-state index contributed by atoms with van der Waals surface area (Å²) in [6.45, 7) is 4.58. The minimum Gasteiger partial charge on any atom is -0.496 e. The van der Waals surface area contributed by atoms with E-state index in [2.05, 4.69) is 20.3 Å². The number of aromatic nitrogens is 5. The number of amides is 1. The number of aryl methyl sites for hydroxylation is 2. The Morgan fingerprint density at radius 2 is 1.85 bits per heavy atom. The van der Waals surface area contributed by atoms with E-state index in [4.69, 9.17) is 9.26 Å². The molecule has 4 aromatic rings. The minimum absolute atomic E-state index is 0.107. The van der Waals surface area contributed by atoms with Gasteiger partial charge >= 0.3 is 0 Å². The first-order chi connectivity index (χ1) is 16.0. The van der Waals surface area contributed by atoms with Gasteiger partial charge in [-0.15, -0.1) is 0 Å². The lowest BCUT2D eigenvalue weighted by molar-refractivity contribution is 0.0728. The Morgan fingerprint density at radius 1 is 1.09 bits per heavy atom. The number of carbonyl (C=O) groups is 1. The van der Waals surface area contributed by atoms with E-state index in [1.807, 2.05) is 50.2 Å². The number of benzene rings is 2. The molecule has 2 aromatic heterocycles. The molecule has 0 saturated carbocycles. The molecule has 9 nitrogen and oxygen atoms in total. The van der Waals surface area contributed by atoms with E-state index < -0.39 is 0 Å². The van der Waals surface area contributed by atoms with Gasteiger partial charge in [0.1, 0.15) is 5.75 Å². The maximum absolute atomic E-state index is 13.6. The number of methoxy groups -OCH3 is 1. The molecule has 1 saturated heterocycles. The van der Waals surface area contributed by atoms with Gasteiger partial charge in [-0.25, -0.2) is 0 Å². The Bertz CT molecular complexity index is 1300. The number of hydrogen-bond donors (Lipinski definition) is 0. The van der Waals surface area contributed by atoms with Gasteiger partial charge in [-0.05, 0) is 56.5 Å². The summed E-state index contributed by atoms with van der Waals surface area (Å²) in [5.74, 6) is 1.42. The maximum atomic E-state index is 13.6. The molecule has 1 fully saturated rings. The van der Waals surface area contributed by atoms with E-state index in [0.29, 0.717) is 35.3 Å². The molecule has 5 rings (SSSR count). The third kappa shape index (κ3) is 3.86. The molecule has 0 bridgehead atoms. The van der Waals surface area contributed by atoms with E-state index in [1.165, 1.54) is 4.80 Å². The van der Waals surface area contributed by atoms with Crippen LogP contribution in [0.1, 0.15) is 46.2 Å². The zero-order valence-corrected chi connectivity index (χ0v) is 18.7. The first-order valence-electron chi connectivity index (χ1n) is 10.8. The fourth-order valence-corrected chi connectivity index (χ4v) is 4.23. The number of likely N-dealkylation sites (tertiary alicyclic amines) is 1. The lowest BCUT2D eigenvalue weighted by atomic mass is 10.1. The van der Waals surface area contributed by atoms with Gasteiger partial charge in [0.15, 0.2) is 5.82 Å². The third-order valence-electron chi connectivity index (χ3n) is 5.86. The van der Waals surface area contributed by atoms with E-state index >= 15 is 0 Å². The molecule has 1 amide bonds. The van der Waals surface area contributed by atoms with E-state index in [1.54, 1.807) is 24.4 Å². The van der Waals surface area contributed by atoms with Gasteiger partial charge in [0.05, 0.1) is 42.4 Å². The lowest BCUT2D eigenvalue weighted by Gasteiger charge is -2.23. The van der Waals surface area contributed by atoms with E-state index in [0.717, 1.165) is 29.5 Å². The maximum Gasteiger partial charge on any atom is 0.261 e. The summed E-state index contributed by atoms with van der Waals surface area (Å²) in [6.07, 6.45) is 4.80. The summed E-state index contributed by atoms with van der Waals surface area (Å²) in [4.78, 5) is 21.6. The van der Waals surface area contributed by atoms with Gasteiger partial charge in [0.25, 0.3) is 11.8 Å². The molecule has 2 aromatic carbocycles. The normalized spacial score (nSPS) is 15.7. The van der Waals surface area contributed by atoms with Crippen molar-refractivity contribution in [3.05, 3.63) is 71.3 Å². The summed E-state index contributed by atoms with van der Waals surface area (Å²) in [5, 5.41) is 12.7. The summed E-state index contributed by atoms with van der Waals surface area (Å²) in [7, 11) is 1.61. The van der Waals surface area contributed by atoms with Gasteiger partial charge in [0.2, 0.25) is 0 Å². The highest BCUT2D eigenvalue weighted by atomic mass is 16.5. The van der Waals surface area contributed by atoms with Gasteiger partial charge in [0, 0.05) is 6.54 Å². The number of ether oxygens (including phenoxy) is 1. The van der Waals surface area contributed by atoms with Gasteiger partial charge < -0.3 is 14.2 Å². The van der Waals surface area contributed by atoms with Crippen molar-refractivity contribution in [3.8, 4) is 22.9 Å². The Labute approximate surface area is 191 Å². The highest BCUT2D eigenvalue weighted by Gasteiger charge is 2.35. The van der Waals surface area contributed by atoms with E-state index in [-0.39, 0.29) is 11.9 Å². The fourth-order valence-electron chi connectivity index (χ4n) is 4.23. The van der Waals surface area contributed by atoms with Crippen molar-refractivity contribution < 1.29 is 14.1 Å². The molecule has 1 aliphatic heterocycles. The van der Waals surface area contributed by atoms with Crippen LogP contribution in [0.15, 0.2) is 53.3 Å². The van der Waals surface area contributed by atoms with Crippen LogP contribution >= 0.6 is 0 Å². The van der Waals surface area contributed by atoms with Crippen LogP contribution in [0.4, 0.5) is 0 Å². The van der Waals surface area contributed by atoms with Crippen molar-refractivity contribution in [2.75, 3.05) is 13.7 Å². The first kappa shape index (κ1) is 20.9. The van der Waals surface area contributed by atoms with Crippen molar-refractivity contribution in [1.29, 1.82) is 0 Å². The van der Waals surface area contributed by atoms with Crippen LogP contribution in [0.25, 0.3) is 17.1 Å². The van der Waals surface area contributed by atoms with Crippen molar-refractivity contribution in [2.24, 2.45) is 0 Å². The number of hydrogen-bond acceptors (Lipinski definition) is 7. The largest absolute Gasteiger partial charge is 0.496 e.